The van der Waals surface area contributed by atoms with Crippen LogP contribution in [0, 0.1) is 3.57 Å². The van der Waals surface area contributed by atoms with Gasteiger partial charge in [0, 0.05) is 3.57 Å². The monoisotopic (exact) mass is 615 g/mol. The van der Waals surface area contributed by atoms with E-state index < -0.39 is 13.4 Å². The highest BCUT2D eigenvalue weighted by Crippen LogP contribution is 2.54. The molecule has 5 rings (SSSR count). The SMILES string of the molecule is O=C(OCc1ccc([P+](c2ccccc2)(c2ccccc2)c2ccccc2)cc1)Oc1ccc(I)cc1. The van der Waals surface area contributed by atoms with E-state index in [0.29, 0.717) is 5.75 Å². The fourth-order valence-electron chi connectivity index (χ4n) is 4.44. The summed E-state index contributed by atoms with van der Waals surface area (Å²) >= 11 is 2.20. The molecule has 0 spiro atoms. The molecule has 0 bridgehead atoms. The summed E-state index contributed by atoms with van der Waals surface area (Å²) in [5.41, 5.74) is 0.899. The van der Waals surface area contributed by atoms with Crippen LogP contribution in [-0.2, 0) is 11.3 Å². The van der Waals surface area contributed by atoms with Crippen molar-refractivity contribution in [2.75, 3.05) is 0 Å². The molecule has 5 heteroatoms. The van der Waals surface area contributed by atoms with Crippen molar-refractivity contribution >= 4 is 57.2 Å². The number of hydrogen-bond acceptors (Lipinski definition) is 3. The molecular formula is C32H25IO3P+. The summed E-state index contributed by atoms with van der Waals surface area (Å²) in [5, 5.41) is 5.11. The predicted octanol–water partition coefficient (Wildman–Crippen LogP) is 6.63. The Morgan fingerprint density at radius 1 is 0.568 bits per heavy atom. The minimum absolute atomic E-state index is 0.136. The molecule has 5 aromatic carbocycles. The van der Waals surface area contributed by atoms with Crippen LogP contribution in [-0.4, -0.2) is 6.16 Å². The quantitative estimate of drug-likeness (QED) is 0.0894. The molecule has 37 heavy (non-hydrogen) atoms. The van der Waals surface area contributed by atoms with E-state index in [9.17, 15) is 4.79 Å². The van der Waals surface area contributed by atoms with Crippen molar-refractivity contribution in [2.45, 2.75) is 6.61 Å². The minimum Gasteiger partial charge on any atom is -0.429 e. The van der Waals surface area contributed by atoms with Crippen LogP contribution in [0.25, 0.3) is 0 Å². The third-order valence-corrected chi connectivity index (χ3v) is 11.1. The number of halogens is 1. The van der Waals surface area contributed by atoms with Crippen LogP contribution in [0.1, 0.15) is 5.56 Å². The normalized spacial score (nSPS) is 11.1. The fourth-order valence-corrected chi connectivity index (χ4v) is 9.04. The molecule has 0 aromatic heterocycles. The topological polar surface area (TPSA) is 35.5 Å². The molecule has 0 saturated heterocycles. The molecule has 3 nitrogen and oxygen atoms in total. The first-order valence-electron chi connectivity index (χ1n) is 11.9. The van der Waals surface area contributed by atoms with Crippen LogP contribution >= 0.6 is 29.9 Å². The van der Waals surface area contributed by atoms with Crippen LogP contribution in [0.15, 0.2) is 140 Å². The van der Waals surface area contributed by atoms with Crippen LogP contribution in [0.2, 0.25) is 0 Å². The third-order valence-electron chi connectivity index (χ3n) is 6.13. The van der Waals surface area contributed by atoms with Gasteiger partial charge in [-0.25, -0.2) is 4.79 Å². The molecule has 0 heterocycles. The van der Waals surface area contributed by atoms with Crippen LogP contribution in [0.3, 0.4) is 0 Å². The van der Waals surface area contributed by atoms with Gasteiger partial charge in [0.05, 0.1) is 0 Å². The van der Waals surface area contributed by atoms with Crippen molar-refractivity contribution in [1.82, 2.24) is 0 Å². The van der Waals surface area contributed by atoms with Crippen LogP contribution in [0.4, 0.5) is 4.79 Å². The lowest BCUT2D eigenvalue weighted by molar-refractivity contribution is 0.0928. The number of benzene rings is 5. The van der Waals surface area contributed by atoms with Crippen molar-refractivity contribution in [3.8, 4) is 5.75 Å². The lowest BCUT2D eigenvalue weighted by atomic mass is 10.2. The van der Waals surface area contributed by atoms with E-state index in [0.717, 1.165) is 9.13 Å². The van der Waals surface area contributed by atoms with Gasteiger partial charge in [-0.15, -0.1) is 0 Å². The number of rotatable bonds is 7. The Morgan fingerprint density at radius 2 is 1.00 bits per heavy atom. The third kappa shape index (κ3) is 5.61. The van der Waals surface area contributed by atoms with Gasteiger partial charge in [0.2, 0.25) is 0 Å². The van der Waals surface area contributed by atoms with E-state index in [1.165, 1.54) is 21.2 Å². The Bertz CT molecular complexity index is 1340. The van der Waals surface area contributed by atoms with Gasteiger partial charge >= 0.3 is 6.16 Å². The fraction of sp³-hybridized carbons (Fsp3) is 0.0312. The Kier molecular flexibility index (Phi) is 7.98. The zero-order valence-corrected chi connectivity index (χ0v) is 23.1. The van der Waals surface area contributed by atoms with E-state index in [1.807, 2.05) is 24.3 Å². The number of carbonyl (C=O) groups excluding carboxylic acids is 1. The molecule has 0 amide bonds. The lowest BCUT2D eigenvalue weighted by Gasteiger charge is -2.27. The van der Waals surface area contributed by atoms with Gasteiger partial charge in [-0.2, -0.15) is 0 Å². The van der Waals surface area contributed by atoms with Crippen LogP contribution < -0.4 is 26.0 Å². The van der Waals surface area contributed by atoms with Gasteiger partial charge in [0.15, 0.2) is 0 Å². The van der Waals surface area contributed by atoms with Gasteiger partial charge in [0.25, 0.3) is 0 Å². The maximum absolute atomic E-state index is 12.2. The smallest absolute Gasteiger partial charge is 0.429 e. The van der Waals surface area contributed by atoms with Crippen molar-refractivity contribution in [1.29, 1.82) is 0 Å². The number of hydrogen-bond donors (Lipinski definition) is 0. The van der Waals surface area contributed by atoms with E-state index in [2.05, 4.69) is 126 Å². The maximum atomic E-state index is 12.2. The Morgan fingerprint density at radius 3 is 1.46 bits per heavy atom. The summed E-state index contributed by atoms with van der Waals surface area (Å²) in [7, 11) is -2.15. The largest absolute Gasteiger partial charge is 0.514 e. The summed E-state index contributed by atoms with van der Waals surface area (Å²) in [6, 6.07) is 47.9. The summed E-state index contributed by atoms with van der Waals surface area (Å²) in [6.07, 6.45) is -0.718. The number of carbonyl (C=O) groups is 1. The highest BCUT2D eigenvalue weighted by atomic mass is 127. The Labute approximate surface area is 231 Å². The molecule has 0 saturated carbocycles. The molecule has 0 radical (unpaired) electrons. The van der Waals surface area contributed by atoms with Gasteiger partial charge in [-0.05, 0) is 101 Å². The van der Waals surface area contributed by atoms with Gasteiger partial charge < -0.3 is 9.47 Å². The van der Waals surface area contributed by atoms with Gasteiger partial charge in [-0.1, -0.05) is 66.7 Å². The summed E-state index contributed by atoms with van der Waals surface area (Å²) in [5.74, 6) is 0.462. The predicted molar refractivity (Wildman–Crippen MR) is 161 cm³/mol. The standard InChI is InChI=1S/C32H25IO3P/c33-26-18-20-27(21-19-26)36-32(34)35-24-25-16-22-31(23-17-25)37(28-10-4-1-5-11-28,29-12-6-2-7-13-29)30-14-8-3-9-15-30/h1-23H,24H2/q+1. The maximum Gasteiger partial charge on any atom is 0.514 e. The second-order valence-electron chi connectivity index (χ2n) is 8.44. The van der Waals surface area contributed by atoms with Crippen LogP contribution in [0.5, 0.6) is 5.75 Å². The molecular weight excluding hydrogens is 590 g/mol. The second-order valence-corrected chi connectivity index (χ2v) is 13.1. The van der Waals surface area contributed by atoms with E-state index in [4.69, 9.17) is 9.47 Å². The highest BCUT2D eigenvalue weighted by Gasteiger charge is 2.47. The van der Waals surface area contributed by atoms with Crippen molar-refractivity contribution < 1.29 is 14.3 Å². The molecule has 0 unspecified atom stereocenters. The van der Waals surface area contributed by atoms with Gasteiger partial charge in [0.1, 0.15) is 40.8 Å². The molecule has 0 aliphatic rings. The first-order chi connectivity index (χ1) is 18.2. The van der Waals surface area contributed by atoms with E-state index >= 15 is 0 Å². The van der Waals surface area contributed by atoms with E-state index in [1.54, 1.807) is 12.1 Å². The molecule has 0 aliphatic carbocycles. The molecule has 0 N–H and O–H groups in total. The van der Waals surface area contributed by atoms with Crippen molar-refractivity contribution in [2.24, 2.45) is 0 Å². The lowest BCUT2D eigenvalue weighted by Crippen LogP contribution is -2.38. The summed E-state index contributed by atoms with van der Waals surface area (Å²) in [4.78, 5) is 12.2. The molecule has 0 aliphatic heterocycles. The van der Waals surface area contributed by atoms with Crippen molar-refractivity contribution in [3.05, 3.63) is 149 Å². The Hall–Kier alpha value is -3.47. The zero-order chi connectivity index (χ0) is 25.5. The molecule has 0 atom stereocenters. The minimum atomic E-state index is -2.15. The summed E-state index contributed by atoms with van der Waals surface area (Å²) < 4.78 is 11.7. The zero-order valence-electron chi connectivity index (χ0n) is 20.0. The molecule has 0 fully saturated rings. The number of ether oxygens (including phenoxy) is 2. The van der Waals surface area contributed by atoms with Gasteiger partial charge in [-0.3, -0.25) is 0 Å². The molecule has 5 aromatic rings. The Balaban J connectivity index is 1.47. The van der Waals surface area contributed by atoms with E-state index in [-0.39, 0.29) is 6.61 Å². The molecule has 182 valence electrons. The first kappa shape index (κ1) is 25.2. The highest BCUT2D eigenvalue weighted by molar-refractivity contribution is 14.1. The average Bonchev–Trinajstić information content (AvgIpc) is 2.96. The first-order valence-corrected chi connectivity index (χ1v) is 14.8. The van der Waals surface area contributed by atoms with Crippen molar-refractivity contribution in [3.63, 3.8) is 0 Å². The second kappa shape index (κ2) is 11.7. The summed E-state index contributed by atoms with van der Waals surface area (Å²) in [6.45, 7) is 0.136. The average molecular weight is 615 g/mol.